The van der Waals surface area contributed by atoms with Crippen LogP contribution in [-0.2, 0) is 9.07 Å². The Morgan fingerprint density at radius 2 is 1.86 bits per heavy atom. The van der Waals surface area contributed by atoms with Gasteiger partial charge in [0.15, 0.2) is 4.33 Å². The molecule has 1 aromatic carbocycles. The number of rotatable bonds is 4. The summed E-state index contributed by atoms with van der Waals surface area (Å²) in [6, 6.07) is 9.55. The first-order valence-electron chi connectivity index (χ1n) is 4.64. The van der Waals surface area contributed by atoms with Crippen LogP contribution in [0.4, 0.5) is 0 Å². The van der Waals surface area contributed by atoms with Crippen LogP contribution >= 0.6 is 23.2 Å². The minimum Gasteiger partial charge on any atom is -0.375 e. The molecule has 0 amide bonds. The largest absolute Gasteiger partial charge is 0.375 e. The molecule has 0 aromatic heterocycles. The molecule has 1 aromatic rings. The van der Waals surface area contributed by atoms with Crippen LogP contribution in [0.25, 0.3) is 0 Å². The lowest BCUT2D eigenvalue weighted by atomic mass is 10.1. The first-order chi connectivity index (χ1) is 6.59. The van der Waals surface area contributed by atoms with Gasteiger partial charge in [0.05, 0.1) is 6.10 Å². The molecule has 0 aliphatic rings. The molecule has 1 nitrogen and oxygen atoms in total. The monoisotopic (exact) mass is 232 g/mol. The fourth-order valence-electron chi connectivity index (χ4n) is 1.25. The highest BCUT2D eigenvalue weighted by Crippen LogP contribution is 2.38. The second-order valence-corrected chi connectivity index (χ2v) is 4.47. The fourth-order valence-corrected chi connectivity index (χ4v) is 1.63. The second kappa shape index (κ2) is 5.01. The molecule has 0 N–H and O–H groups in total. The van der Waals surface area contributed by atoms with Crippen LogP contribution in [0.15, 0.2) is 30.3 Å². The zero-order valence-corrected chi connectivity index (χ0v) is 9.85. The maximum atomic E-state index is 6.23. The van der Waals surface area contributed by atoms with Crippen LogP contribution < -0.4 is 0 Å². The number of hydrogen-bond acceptors (Lipinski definition) is 1. The van der Waals surface area contributed by atoms with Crippen LogP contribution in [-0.4, -0.2) is 12.7 Å². The molecule has 0 spiro atoms. The predicted molar refractivity (Wildman–Crippen MR) is 60.9 cm³/mol. The number of hydrogen-bond donors (Lipinski definition) is 0. The van der Waals surface area contributed by atoms with Gasteiger partial charge in [0.1, 0.15) is 0 Å². The van der Waals surface area contributed by atoms with Crippen molar-refractivity contribution in [1.82, 2.24) is 0 Å². The Balaban J connectivity index is 2.84. The van der Waals surface area contributed by atoms with Gasteiger partial charge >= 0.3 is 0 Å². The first-order valence-corrected chi connectivity index (χ1v) is 5.39. The molecule has 0 aliphatic heterocycles. The van der Waals surface area contributed by atoms with Gasteiger partial charge in [0.2, 0.25) is 0 Å². The van der Waals surface area contributed by atoms with Crippen LogP contribution in [0.5, 0.6) is 0 Å². The maximum Gasteiger partial charge on any atom is 0.168 e. The van der Waals surface area contributed by atoms with Crippen molar-refractivity contribution in [2.75, 3.05) is 6.61 Å². The highest BCUT2D eigenvalue weighted by Gasteiger charge is 2.33. The van der Waals surface area contributed by atoms with Gasteiger partial charge in [-0.15, -0.1) is 0 Å². The van der Waals surface area contributed by atoms with Crippen LogP contribution in [0.2, 0.25) is 0 Å². The van der Waals surface area contributed by atoms with Gasteiger partial charge in [-0.1, -0.05) is 53.5 Å². The zero-order valence-electron chi connectivity index (χ0n) is 8.34. The third-order valence-corrected chi connectivity index (χ3v) is 3.14. The van der Waals surface area contributed by atoms with Crippen LogP contribution in [0.1, 0.15) is 19.4 Å². The second-order valence-electron chi connectivity index (χ2n) is 3.09. The van der Waals surface area contributed by atoms with E-state index in [2.05, 4.69) is 0 Å². The van der Waals surface area contributed by atoms with Gasteiger partial charge in [0.25, 0.3) is 0 Å². The number of benzene rings is 1. The Kier molecular flexibility index (Phi) is 4.24. The third kappa shape index (κ3) is 2.63. The van der Waals surface area contributed by atoms with E-state index in [0.717, 1.165) is 5.56 Å². The smallest absolute Gasteiger partial charge is 0.168 e. The van der Waals surface area contributed by atoms with Crippen molar-refractivity contribution in [3.8, 4) is 0 Å². The number of halogens is 2. The van der Waals surface area contributed by atoms with Crippen molar-refractivity contribution in [3.63, 3.8) is 0 Å². The molecular weight excluding hydrogens is 219 g/mol. The summed E-state index contributed by atoms with van der Waals surface area (Å²) in [5, 5.41) is 0. The molecule has 1 rings (SSSR count). The van der Waals surface area contributed by atoms with E-state index >= 15 is 0 Å². The number of ether oxygens (including phenoxy) is 1. The normalized spacial score (nSPS) is 14.0. The molecular formula is C11H14Cl2O. The molecule has 1 unspecified atom stereocenters. The van der Waals surface area contributed by atoms with Gasteiger partial charge in [-0.25, -0.2) is 0 Å². The first kappa shape index (κ1) is 11.8. The molecule has 0 radical (unpaired) electrons. The molecule has 14 heavy (non-hydrogen) atoms. The lowest BCUT2D eigenvalue weighted by Gasteiger charge is -2.27. The molecule has 3 heteroatoms. The Morgan fingerprint density at radius 1 is 1.29 bits per heavy atom. The van der Waals surface area contributed by atoms with Crippen molar-refractivity contribution in [3.05, 3.63) is 35.9 Å². The zero-order chi connectivity index (χ0) is 10.6. The summed E-state index contributed by atoms with van der Waals surface area (Å²) in [7, 11) is 0. The van der Waals surface area contributed by atoms with E-state index in [1.807, 2.05) is 44.2 Å². The highest BCUT2D eigenvalue weighted by molar-refractivity contribution is 6.48. The molecule has 0 saturated carbocycles. The molecule has 1 atom stereocenters. The van der Waals surface area contributed by atoms with Gasteiger partial charge in [-0.05, 0) is 19.4 Å². The molecule has 0 saturated heterocycles. The summed E-state index contributed by atoms with van der Waals surface area (Å²) < 4.78 is 4.42. The van der Waals surface area contributed by atoms with E-state index < -0.39 is 4.33 Å². The minimum atomic E-state index is -0.975. The van der Waals surface area contributed by atoms with E-state index in [0.29, 0.717) is 6.61 Å². The summed E-state index contributed by atoms with van der Waals surface area (Å²) in [5.41, 5.74) is 0.865. The standard InChI is InChI=1S/C11H14Cl2O/c1-3-14-9(2)11(12,13)10-7-5-4-6-8-10/h4-9H,3H2,1-2H3. The SMILES string of the molecule is CCOC(C)C(Cl)(Cl)c1ccccc1. The topological polar surface area (TPSA) is 9.23 Å². The van der Waals surface area contributed by atoms with E-state index in [9.17, 15) is 0 Å². The van der Waals surface area contributed by atoms with Crippen molar-refractivity contribution >= 4 is 23.2 Å². The molecule has 0 bridgehead atoms. The Labute approximate surface area is 95.0 Å². The summed E-state index contributed by atoms with van der Waals surface area (Å²) >= 11 is 12.5. The predicted octanol–water partition coefficient (Wildman–Crippen LogP) is 3.74. The van der Waals surface area contributed by atoms with Crippen LogP contribution in [0.3, 0.4) is 0 Å². The lowest BCUT2D eigenvalue weighted by Crippen LogP contribution is -2.28. The molecule has 0 aliphatic carbocycles. The Bertz CT molecular complexity index is 272. The molecule has 0 heterocycles. The van der Waals surface area contributed by atoms with E-state index in [1.165, 1.54) is 0 Å². The average Bonchev–Trinajstić information content (AvgIpc) is 2.19. The quantitative estimate of drug-likeness (QED) is 0.720. The average molecular weight is 233 g/mol. The Hall–Kier alpha value is -0.240. The van der Waals surface area contributed by atoms with E-state index in [-0.39, 0.29) is 6.10 Å². The van der Waals surface area contributed by atoms with Crippen LogP contribution in [0, 0.1) is 0 Å². The lowest BCUT2D eigenvalue weighted by molar-refractivity contribution is 0.0638. The van der Waals surface area contributed by atoms with Crippen molar-refractivity contribution in [2.24, 2.45) is 0 Å². The van der Waals surface area contributed by atoms with Gasteiger partial charge < -0.3 is 4.74 Å². The summed E-state index contributed by atoms with van der Waals surface area (Å²) in [6.07, 6.45) is -0.224. The minimum absolute atomic E-state index is 0.224. The third-order valence-electron chi connectivity index (χ3n) is 2.09. The van der Waals surface area contributed by atoms with Crippen molar-refractivity contribution < 1.29 is 4.74 Å². The highest BCUT2D eigenvalue weighted by atomic mass is 35.5. The van der Waals surface area contributed by atoms with Gasteiger partial charge in [-0.2, -0.15) is 0 Å². The Morgan fingerprint density at radius 3 is 2.36 bits per heavy atom. The van der Waals surface area contributed by atoms with E-state index in [1.54, 1.807) is 0 Å². The molecule has 0 fully saturated rings. The van der Waals surface area contributed by atoms with Gasteiger partial charge in [-0.3, -0.25) is 0 Å². The van der Waals surface area contributed by atoms with Crippen molar-refractivity contribution in [2.45, 2.75) is 24.3 Å². The summed E-state index contributed by atoms with van der Waals surface area (Å²) in [4.78, 5) is 0. The maximum absolute atomic E-state index is 6.23. The molecule has 78 valence electrons. The van der Waals surface area contributed by atoms with E-state index in [4.69, 9.17) is 27.9 Å². The van der Waals surface area contributed by atoms with Gasteiger partial charge in [0, 0.05) is 6.61 Å². The number of alkyl halides is 2. The summed E-state index contributed by atoms with van der Waals surface area (Å²) in [5.74, 6) is 0. The fraction of sp³-hybridized carbons (Fsp3) is 0.455. The summed E-state index contributed by atoms with van der Waals surface area (Å²) in [6.45, 7) is 4.40. The van der Waals surface area contributed by atoms with Crippen molar-refractivity contribution in [1.29, 1.82) is 0 Å².